The molecule has 0 aliphatic heterocycles. The van der Waals surface area contributed by atoms with Gasteiger partial charge in [-0.15, -0.1) is 4.73 Å². The van der Waals surface area contributed by atoms with Gasteiger partial charge in [-0.1, -0.05) is 18.2 Å². The first-order chi connectivity index (χ1) is 5.17. The number of halogens is 1. The smallest absolute Gasteiger partial charge is 0.255 e. The van der Waals surface area contributed by atoms with Gasteiger partial charge < -0.3 is 4.89 Å². The molecule has 2 nitrogen and oxygen atoms in total. The second-order valence-electron chi connectivity index (χ2n) is 1.92. The van der Waals surface area contributed by atoms with Crippen LogP contribution in [0.15, 0.2) is 30.3 Å². The van der Waals surface area contributed by atoms with Crippen LogP contribution in [-0.4, -0.2) is 4.89 Å². The fourth-order valence-electron chi connectivity index (χ4n) is 0.656. The van der Waals surface area contributed by atoms with Gasteiger partial charge in [-0.25, -0.2) is 0 Å². The van der Waals surface area contributed by atoms with Gasteiger partial charge in [0, 0.05) is 5.30 Å². The molecule has 11 heavy (non-hydrogen) atoms. The predicted molar refractivity (Wildman–Crippen MR) is 44.8 cm³/mol. The Balaban J connectivity index is 3.03. The summed E-state index contributed by atoms with van der Waals surface area (Å²) in [6, 6.07) is 8.12. The van der Waals surface area contributed by atoms with Gasteiger partial charge in [0.25, 0.3) is 6.49 Å². The molecule has 1 aromatic rings. The largest absolute Gasteiger partial charge is 0.340 e. The molecule has 0 bridgehead atoms. The quantitative estimate of drug-likeness (QED) is 0.720. The van der Waals surface area contributed by atoms with Crippen molar-refractivity contribution in [2.45, 2.75) is 0 Å². The lowest BCUT2D eigenvalue weighted by Crippen LogP contribution is -2.02. The van der Waals surface area contributed by atoms with Crippen molar-refractivity contribution in [1.82, 2.24) is 0 Å². The predicted octanol–water partition coefficient (Wildman–Crippen LogP) is 1.51. The first-order valence-electron chi connectivity index (χ1n) is 2.85. The Kier molecular flexibility index (Phi) is 2.73. The molecule has 60 valence electrons. The van der Waals surface area contributed by atoms with E-state index < -0.39 is 6.49 Å². The van der Waals surface area contributed by atoms with Crippen LogP contribution in [0.2, 0.25) is 0 Å². The standard InChI is InChI=1S/C6H6FO2PS/c7-9-10(8,11)6-4-2-1-3-5-6/h1-5H,(H,8,11). The molecule has 1 rings (SSSR count). The average Bonchev–Trinajstić information content (AvgIpc) is 2.06. The van der Waals surface area contributed by atoms with Crippen LogP contribution in [0.3, 0.4) is 0 Å². The molecule has 1 atom stereocenters. The van der Waals surface area contributed by atoms with Gasteiger partial charge in [-0.2, -0.15) is 0 Å². The van der Waals surface area contributed by atoms with E-state index in [2.05, 4.69) is 16.5 Å². The topological polar surface area (TPSA) is 29.5 Å². The van der Waals surface area contributed by atoms with Crippen LogP contribution in [0.4, 0.5) is 4.53 Å². The second-order valence-corrected chi connectivity index (χ2v) is 5.11. The summed E-state index contributed by atoms with van der Waals surface area (Å²) in [5.74, 6) is 0. The maximum atomic E-state index is 11.7. The zero-order valence-electron chi connectivity index (χ0n) is 5.48. The summed E-state index contributed by atoms with van der Waals surface area (Å²) in [6.45, 7) is -3.36. The SMILES string of the molecule is OP(=S)(OF)c1ccccc1. The van der Waals surface area contributed by atoms with Crippen molar-refractivity contribution < 1.29 is 14.1 Å². The minimum absolute atomic E-state index is 0.317. The van der Waals surface area contributed by atoms with Crippen molar-refractivity contribution >= 4 is 23.6 Å². The Hall–Kier alpha value is -0.280. The minimum Gasteiger partial charge on any atom is -0.340 e. The van der Waals surface area contributed by atoms with E-state index >= 15 is 0 Å². The minimum atomic E-state index is -3.36. The summed E-state index contributed by atoms with van der Waals surface area (Å²) in [7, 11) is 0. The molecular formula is C6H6FO2PS. The van der Waals surface area contributed by atoms with E-state index in [1.54, 1.807) is 18.2 Å². The second kappa shape index (κ2) is 3.41. The summed E-state index contributed by atoms with van der Waals surface area (Å²) in [4.78, 5) is 9.12. The van der Waals surface area contributed by atoms with Crippen LogP contribution >= 0.6 is 6.49 Å². The van der Waals surface area contributed by atoms with E-state index in [0.717, 1.165) is 0 Å². The molecular weight excluding hydrogens is 186 g/mol. The van der Waals surface area contributed by atoms with Crippen molar-refractivity contribution in [3.8, 4) is 0 Å². The molecule has 0 aliphatic carbocycles. The third-order valence-electron chi connectivity index (χ3n) is 1.18. The van der Waals surface area contributed by atoms with Gasteiger partial charge >= 0.3 is 0 Å². The molecule has 0 radical (unpaired) electrons. The van der Waals surface area contributed by atoms with Gasteiger partial charge in [0.15, 0.2) is 0 Å². The van der Waals surface area contributed by atoms with Crippen molar-refractivity contribution in [2.75, 3.05) is 0 Å². The van der Waals surface area contributed by atoms with Crippen LogP contribution in [0.5, 0.6) is 0 Å². The van der Waals surface area contributed by atoms with Gasteiger partial charge in [0.05, 0.1) is 0 Å². The highest BCUT2D eigenvalue weighted by Gasteiger charge is 2.16. The summed E-state index contributed by atoms with van der Waals surface area (Å²) in [5, 5.41) is 0.317. The number of benzene rings is 1. The maximum Gasteiger partial charge on any atom is 0.255 e. The fraction of sp³-hybridized carbons (Fsp3) is 0. The Morgan fingerprint density at radius 1 is 1.36 bits per heavy atom. The lowest BCUT2D eigenvalue weighted by molar-refractivity contribution is -0.00190. The van der Waals surface area contributed by atoms with E-state index in [-0.39, 0.29) is 0 Å². The average molecular weight is 192 g/mol. The normalized spacial score (nSPS) is 15.8. The molecule has 0 heterocycles. The summed E-state index contributed by atoms with van der Waals surface area (Å²) in [5.41, 5.74) is 0. The van der Waals surface area contributed by atoms with E-state index in [0.29, 0.717) is 5.30 Å². The van der Waals surface area contributed by atoms with Crippen LogP contribution in [-0.2, 0) is 16.5 Å². The Labute approximate surface area is 68.7 Å². The van der Waals surface area contributed by atoms with Crippen LogP contribution in [0.25, 0.3) is 0 Å². The lowest BCUT2D eigenvalue weighted by atomic mass is 10.4. The molecule has 1 N–H and O–H groups in total. The summed E-state index contributed by atoms with van der Waals surface area (Å²) in [6.07, 6.45) is 0. The first kappa shape index (κ1) is 8.81. The van der Waals surface area contributed by atoms with E-state index in [1.807, 2.05) is 0 Å². The molecule has 0 aliphatic rings. The highest BCUT2D eigenvalue weighted by atomic mass is 32.5. The summed E-state index contributed by atoms with van der Waals surface area (Å²) >= 11 is 4.48. The fourth-order valence-corrected chi connectivity index (χ4v) is 1.65. The molecule has 5 heteroatoms. The van der Waals surface area contributed by atoms with Crippen LogP contribution in [0, 0.1) is 0 Å². The van der Waals surface area contributed by atoms with Crippen molar-refractivity contribution in [3.05, 3.63) is 30.3 Å². The van der Waals surface area contributed by atoms with Crippen molar-refractivity contribution in [2.24, 2.45) is 0 Å². The number of hydrogen-bond acceptors (Lipinski definition) is 2. The van der Waals surface area contributed by atoms with Crippen LogP contribution < -0.4 is 5.30 Å². The van der Waals surface area contributed by atoms with Crippen molar-refractivity contribution in [3.63, 3.8) is 0 Å². The van der Waals surface area contributed by atoms with Gasteiger partial charge in [0.1, 0.15) is 0 Å². The Morgan fingerprint density at radius 2 is 1.91 bits per heavy atom. The van der Waals surface area contributed by atoms with E-state index in [9.17, 15) is 4.53 Å². The summed E-state index contributed by atoms with van der Waals surface area (Å²) < 4.78 is 15.0. The van der Waals surface area contributed by atoms with Gasteiger partial charge in [-0.3, -0.25) is 0 Å². The first-order valence-corrected chi connectivity index (χ1v) is 5.53. The lowest BCUT2D eigenvalue weighted by Gasteiger charge is -2.07. The van der Waals surface area contributed by atoms with Crippen molar-refractivity contribution in [1.29, 1.82) is 0 Å². The highest BCUT2D eigenvalue weighted by Crippen LogP contribution is 2.40. The molecule has 0 spiro atoms. The highest BCUT2D eigenvalue weighted by molar-refractivity contribution is 8.13. The molecule has 0 saturated heterocycles. The molecule has 0 amide bonds. The zero-order valence-corrected chi connectivity index (χ0v) is 7.19. The third-order valence-corrected chi connectivity index (χ3v) is 3.12. The Bertz CT molecular complexity index is 277. The maximum absolute atomic E-state index is 11.7. The van der Waals surface area contributed by atoms with Crippen LogP contribution in [0.1, 0.15) is 0 Å². The van der Waals surface area contributed by atoms with E-state index in [4.69, 9.17) is 4.89 Å². The molecule has 1 unspecified atom stereocenters. The zero-order chi connectivity index (χ0) is 8.32. The molecule has 0 fully saturated rings. The number of hydrogen-bond donors (Lipinski definition) is 1. The number of rotatable bonds is 2. The third kappa shape index (κ3) is 2.07. The van der Waals surface area contributed by atoms with Gasteiger partial charge in [-0.05, 0) is 28.5 Å². The van der Waals surface area contributed by atoms with Gasteiger partial charge in [0.2, 0.25) is 0 Å². The van der Waals surface area contributed by atoms with E-state index in [1.165, 1.54) is 12.1 Å². The molecule has 1 aromatic carbocycles. The molecule has 0 saturated carbocycles. The Morgan fingerprint density at radius 3 is 2.36 bits per heavy atom. The monoisotopic (exact) mass is 192 g/mol. The molecule has 0 aromatic heterocycles.